The van der Waals surface area contributed by atoms with Crippen LogP contribution in [0, 0.1) is 0 Å². The summed E-state index contributed by atoms with van der Waals surface area (Å²) >= 11 is 3.53. The molecular weight excluding hydrogens is 338 g/mol. The van der Waals surface area contributed by atoms with Gasteiger partial charge in [0.25, 0.3) is 0 Å². The summed E-state index contributed by atoms with van der Waals surface area (Å²) in [6.45, 7) is 3.20. The zero-order valence-electron chi connectivity index (χ0n) is 13.7. The van der Waals surface area contributed by atoms with Crippen molar-refractivity contribution in [2.24, 2.45) is 0 Å². The number of hydrogen-bond acceptors (Lipinski definition) is 2. The van der Waals surface area contributed by atoms with Crippen LogP contribution in [0.25, 0.3) is 11.0 Å². The highest BCUT2D eigenvalue weighted by Crippen LogP contribution is 2.20. The minimum atomic E-state index is 0.928. The number of aryl methyl sites for hydroxylation is 1. The fourth-order valence-electron chi connectivity index (χ4n) is 2.79. The maximum atomic E-state index is 4.55. The van der Waals surface area contributed by atoms with E-state index in [-0.39, 0.29) is 0 Å². The van der Waals surface area contributed by atoms with Crippen LogP contribution in [0.5, 0.6) is 0 Å². The fraction of sp³-hybridized carbons (Fsp3) is 0.667. The molecule has 0 aliphatic heterocycles. The summed E-state index contributed by atoms with van der Waals surface area (Å²) < 4.78 is 1.03. The molecule has 122 valence electrons. The van der Waals surface area contributed by atoms with E-state index in [2.05, 4.69) is 33.1 Å². The monoisotopic (exact) mass is 365 g/mol. The molecule has 4 heteroatoms. The van der Waals surface area contributed by atoms with Gasteiger partial charge in [-0.15, -0.1) is 0 Å². The van der Waals surface area contributed by atoms with E-state index < -0.39 is 0 Å². The van der Waals surface area contributed by atoms with Gasteiger partial charge in [-0.3, -0.25) is 0 Å². The summed E-state index contributed by atoms with van der Waals surface area (Å²) in [5.41, 5.74) is 1.94. The quantitative estimate of drug-likeness (QED) is 0.449. The maximum absolute atomic E-state index is 4.55. The van der Waals surface area contributed by atoms with Gasteiger partial charge >= 0.3 is 0 Å². The second-order valence-corrected chi connectivity index (χ2v) is 6.94. The summed E-state index contributed by atoms with van der Waals surface area (Å²) in [5, 5.41) is 9.07. The molecule has 0 bridgehead atoms. The molecule has 0 aliphatic rings. The predicted molar refractivity (Wildman–Crippen MR) is 97.1 cm³/mol. The number of nitrogens with zero attached hydrogens (tertiary/aromatic N) is 3. The van der Waals surface area contributed by atoms with Crippen LogP contribution in [-0.4, -0.2) is 15.0 Å². The van der Waals surface area contributed by atoms with Crippen molar-refractivity contribution < 1.29 is 0 Å². The van der Waals surface area contributed by atoms with Crippen molar-refractivity contribution in [2.45, 2.75) is 77.7 Å². The Morgan fingerprint density at radius 3 is 2.14 bits per heavy atom. The Balaban J connectivity index is 1.56. The van der Waals surface area contributed by atoms with Crippen molar-refractivity contribution in [2.75, 3.05) is 0 Å². The highest BCUT2D eigenvalue weighted by molar-refractivity contribution is 9.10. The zero-order chi connectivity index (χ0) is 15.6. The van der Waals surface area contributed by atoms with Gasteiger partial charge in [-0.25, -0.2) is 0 Å². The van der Waals surface area contributed by atoms with Crippen LogP contribution in [0.4, 0.5) is 0 Å². The van der Waals surface area contributed by atoms with Gasteiger partial charge in [-0.1, -0.05) is 70.8 Å². The van der Waals surface area contributed by atoms with Crippen LogP contribution < -0.4 is 0 Å². The zero-order valence-corrected chi connectivity index (χ0v) is 15.3. The van der Waals surface area contributed by atoms with Crippen LogP contribution >= 0.6 is 15.9 Å². The molecule has 0 amide bonds. The summed E-state index contributed by atoms with van der Waals surface area (Å²) in [6, 6.07) is 6.04. The van der Waals surface area contributed by atoms with Gasteiger partial charge in [0, 0.05) is 4.47 Å². The third kappa shape index (κ3) is 5.71. The largest absolute Gasteiger partial charge is 0.184 e. The first-order valence-electron chi connectivity index (χ1n) is 8.80. The Morgan fingerprint density at radius 2 is 1.50 bits per heavy atom. The van der Waals surface area contributed by atoms with Gasteiger partial charge in [0.15, 0.2) is 0 Å². The first kappa shape index (κ1) is 17.5. The molecule has 0 atom stereocenters. The van der Waals surface area contributed by atoms with Gasteiger partial charge < -0.3 is 0 Å². The molecule has 0 fully saturated rings. The first-order valence-corrected chi connectivity index (χ1v) is 9.60. The van der Waals surface area contributed by atoms with Gasteiger partial charge in [0.2, 0.25) is 0 Å². The molecule has 0 N–H and O–H groups in total. The molecule has 0 saturated heterocycles. The minimum Gasteiger partial charge on any atom is -0.184 e. The van der Waals surface area contributed by atoms with Crippen LogP contribution in [0.15, 0.2) is 22.7 Å². The molecule has 0 spiro atoms. The second-order valence-electron chi connectivity index (χ2n) is 6.09. The van der Waals surface area contributed by atoms with Crippen LogP contribution in [0.1, 0.15) is 71.1 Å². The molecule has 0 saturated carbocycles. The molecule has 0 aliphatic carbocycles. The van der Waals surface area contributed by atoms with E-state index in [1.807, 2.05) is 23.0 Å². The lowest BCUT2D eigenvalue weighted by molar-refractivity contribution is 0.483. The first-order chi connectivity index (χ1) is 10.8. The molecule has 3 nitrogen and oxygen atoms in total. The lowest BCUT2D eigenvalue weighted by Crippen LogP contribution is -2.02. The number of benzene rings is 1. The van der Waals surface area contributed by atoms with E-state index in [1.54, 1.807) is 0 Å². The van der Waals surface area contributed by atoms with Crippen LogP contribution in [-0.2, 0) is 6.54 Å². The van der Waals surface area contributed by atoms with Crippen molar-refractivity contribution in [1.29, 1.82) is 0 Å². The van der Waals surface area contributed by atoms with Crippen molar-refractivity contribution in [3.8, 4) is 0 Å². The van der Waals surface area contributed by atoms with E-state index in [1.165, 1.54) is 64.2 Å². The third-order valence-corrected chi connectivity index (χ3v) is 4.76. The average molecular weight is 366 g/mol. The normalized spacial score (nSPS) is 11.4. The Kier molecular flexibility index (Phi) is 7.92. The highest BCUT2D eigenvalue weighted by Gasteiger charge is 2.05. The summed E-state index contributed by atoms with van der Waals surface area (Å²) in [5.74, 6) is 0. The number of aromatic nitrogens is 3. The van der Waals surface area contributed by atoms with Crippen molar-refractivity contribution in [1.82, 2.24) is 15.0 Å². The summed E-state index contributed by atoms with van der Waals surface area (Å²) in [6.07, 6.45) is 13.6. The Bertz CT molecular complexity index is 550. The fourth-order valence-corrected chi connectivity index (χ4v) is 3.22. The molecular formula is C18H28BrN3. The van der Waals surface area contributed by atoms with Crippen LogP contribution in [0.2, 0.25) is 0 Å². The second kappa shape index (κ2) is 9.98. The van der Waals surface area contributed by atoms with Crippen molar-refractivity contribution in [3.05, 3.63) is 22.7 Å². The molecule has 22 heavy (non-hydrogen) atoms. The molecule has 0 radical (unpaired) electrons. The van der Waals surface area contributed by atoms with E-state index >= 15 is 0 Å². The molecule has 2 aromatic rings. The summed E-state index contributed by atoms with van der Waals surface area (Å²) in [4.78, 5) is 1.85. The standard InChI is InChI=1S/C18H28BrN3/c1-2-3-4-5-6-7-8-9-10-11-15-22-20-17-14-12-13-16(19)18(17)21-22/h12-14H,2-11,15H2,1H3. The van der Waals surface area contributed by atoms with E-state index in [0.717, 1.165) is 22.1 Å². The minimum absolute atomic E-state index is 0.928. The molecule has 0 unspecified atom stereocenters. The van der Waals surface area contributed by atoms with Crippen molar-refractivity contribution >= 4 is 27.0 Å². The Hall–Kier alpha value is -0.900. The lowest BCUT2D eigenvalue weighted by Gasteiger charge is -2.02. The lowest BCUT2D eigenvalue weighted by atomic mass is 10.1. The van der Waals surface area contributed by atoms with E-state index in [0.29, 0.717) is 0 Å². The van der Waals surface area contributed by atoms with Crippen molar-refractivity contribution in [3.63, 3.8) is 0 Å². The number of halogens is 1. The van der Waals surface area contributed by atoms with Gasteiger partial charge in [0.05, 0.1) is 6.54 Å². The topological polar surface area (TPSA) is 30.7 Å². The van der Waals surface area contributed by atoms with Gasteiger partial charge in [-0.05, 0) is 34.5 Å². The van der Waals surface area contributed by atoms with Crippen LogP contribution in [0.3, 0.4) is 0 Å². The highest BCUT2D eigenvalue weighted by atomic mass is 79.9. The number of hydrogen-bond donors (Lipinski definition) is 0. The smallest absolute Gasteiger partial charge is 0.127 e. The predicted octanol–water partition coefficient (Wildman–Crippen LogP) is 6.11. The molecule has 1 aromatic carbocycles. The van der Waals surface area contributed by atoms with Gasteiger partial charge in [0.1, 0.15) is 11.0 Å². The summed E-state index contributed by atoms with van der Waals surface area (Å²) in [7, 11) is 0. The number of rotatable bonds is 11. The molecule has 1 heterocycles. The maximum Gasteiger partial charge on any atom is 0.127 e. The Morgan fingerprint density at radius 1 is 0.864 bits per heavy atom. The number of unbranched alkanes of at least 4 members (excludes halogenated alkanes) is 9. The van der Waals surface area contributed by atoms with E-state index in [9.17, 15) is 0 Å². The van der Waals surface area contributed by atoms with E-state index in [4.69, 9.17) is 0 Å². The average Bonchev–Trinajstić information content (AvgIpc) is 2.94. The Labute approximate surface area is 142 Å². The third-order valence-electron chi connectivity index (χ3n) is 4.12. The number of fused-ring (bicyclic) bond motifs is 1. The molecule has 2 rings (SSSR count). The SMILES string of the molecule is CCCCCCCCCCCCn1nc2cccc(Br)c2n1. The van der Waals surface area contributed by atoms with Gasteiger partial charge in [-0.2, -0.15) is 15.0 Å². The molecule has 1 aromatic heterocycles.